The van der Waals surface area contributed by atoms with Crippen molar-refractivity contribution in [1.29, 1.82) is 0 Å². The Hall–Kier alpha value is -2.56. The van der Waals surface area contributed by atoms with Crippen LogP contribution in [-0.4, -0.2) is 34.6 Å². The van der Waals surface area contributed by atoms with Crippen molar-refractivity contribution in [3.05, 3.63) is 64.1 Å². The molecule has 2 heterocycles. The lowest BCUT2D eigenvalue weighted by molar-refractivity contribution is -0.140. The lowest BCUT2D eigenvalue weighted by Crippen LogP contribution is -2.56. The first-order valence-electron chi connectivity index (χ1n) is 9.19. The lowest BCUT2D eigenvalue weighted by atomic mass is 10.1. The summed E-state index contributed by atoms with van der Waals surface area (Å²) in [6, 6.07) is 13.7. The van der Waals surface area contributed by atoms with E-state index in [0.717, 1.165) is 25.0 Å². The van der Waals surface area contributed by atoms with E-state index in [0.29, 0.717) is 25.3 Å². The van der Waals surface area contributed by atoms with E-state index in [4.69, 9.17) is 4.74 Å². The van der Waals surface area contributed by atoms with Crippen LogP contribution in [-0.2, 0) is 18.3 Å². The molecular weight excluding hydrogens is 328 g/mol. The molecule has 1 aromatic carbocycles. The van der Waals surface area contributed by atoms with Crippen LogP contribution in [0.25, 0.3) is 0 Å². The normalized spacial score (nSPS) is 14.2. The van der Waals surface area contributed by atoms with Crippen molar-refractivity contribution < 1.29 is 9.53 Å². The topological polar surface area (TPSA) is 51.5 Å². The zero-order valence-electron chi connectivity index (χ0n) is 15.5. The van der Waals surface area contributed by atoms with Crippen molar-refractivity contribution >= 4 is 5.91 Å². The predicted molar refractivity (Wildman–Crippen MR) is 101 cm³/mol. The average Bonchev–Trinajstić information content (AvgIpc) is 2.60. The summed E-state index contributed by atoms with van der Waals surface area (Å²) in [5.74, 6) is 0.781. The van der Waals surface area contributed by atoms with Gasteiger partial charge in [0.15, 0.2) is 0 Å². The summed E-state index contributed by atoms with van der Waals surface area (Å²) in [4.78, 5) is 25.8. The summed E-state index contributed by atoms with van der Waals surface area (Å²) in [6.07, 6.45) is 3.52. The SMILES string of the molecule is Cc1cc(OC2CN(C(=O)CCCCc3ccccc3)C2)cc(=O)n1C. The standard InChI is InChI=1S/C21H26N2O3/c1-16-12-18(13-21(25)22(16)2)26-19-14-23(15-19)20(24)11-7-6-10-17-8-4-3-5-9-17/h3-5,8-9,12-13,19H,6-7,10-11,14-15H2,1-2H3. The van der Waals surface area contributed by atoms with E-state index in [1.54, 1.807) is 11.6 Å². The second-order valence-electron chi connectivity index (χ2n) is 6.96. The van der Waals surface area contributed by atoms with Gasteiger partial charge in [0.1, 0.15) is 11.9 Å². The highest BCUT2D eigenvalue weighted by atomic mass is 16.5. The average molecular weight is 354 g/mol. The van der Waals surface area contributed by atoms with Crippen LogP contribution in [0.2, 0.25) is 0 Å². The zero-order chi connectivity index (χ0) is 18.5. The van der Waals surface area contributed by atoms with Gasteiger partial charge >= 0.3 is 0 Å². The molecule has 26 heavy (non-hydrogen) atoms. The molecule has 1 amide bonds. The van der Waals surface area contributed by atoms with E-state index in [1.807, 2.05) is 36.1 Å². The van der Waals surface area contributed by atoms with Gasteiger partial charge in [-0.05, 0) is 37.8 Å². The first kappa shape index (κ1) is 18.2. The fraction of sp³-hybridized carbons (Fsp3) is 0.429. The molecule has 2 aromatic rings. The van der Waals surface area contributed by atoms with Crippen LogP contribution in [0.1, 0.15) is 30.5 Å². The number of carbonyl (C=O) groups is 1. The highest BCUT2D eigenvalue weighted by molar-refractivity contribution is 5.77. The number of rotatable bonds is 7. The van der Waals surface area contributed by atoms with Gasteiger partial charge in [0.25, 0.3) is 5.56 Å². The summed E-state index contributed by atoms with van der Waals surface area (Å²) in [7, 11) is 1.74. The molecule has 1 aromatic heterocycles. The maximum absolute atomic E-state index is 12.2. The minimum atomic E-state index is -0.0781. The third-order valence-corrected chi connectivity index (χ3v) is 4.93. The maximum atomic E-state index is 12.2. The van der Waals surface area contributed by atoms with E-state index in [1.165, 1.54) is 11.6 Å². The molecule has 0 saturated carbocycles. The van der Waals surface area contributed by atoms with Crippen molar-refractivity contribution in [2.75, 3.05) is 13.1 Å². The number of ether oxygens (including phenoxy) is 1. The number of benzene rings is 1. The Bertz CT molecular complexity index is 808. The molecule has 1 saturated heterocycles. The number of aromatic nitrogens is 1. The van der Waals surface area contributed by atoms with Crippen molar-refractivity contribution in [2.45, 2.75) is 38.7 Å². The van der Waals surface area contributed by atoms with Gasteiger partial charge < -0.3 is 14.2 Å². The molecule has 0 spiro atoms. The highest BCUT2D eigenvalue weighted by Crippen LogP contribution is 2.19. The van der Waals surface area contributed by atoms with Gasteiger partial charge in [-0.3, -0.25) is 9.59 Å². The number of unbranched alkanes of at least 4 members (excludes halogenated alkanes) is 1. The number of pyridine rings is 1. The van der Waals surface area contributed by atoms with E-state index < -0.39 is 0 Å². The molecule has 0 radical (unpaired) electrons. The molecule has 5 heteroatoms. The lowest BCUT2D eigenvalue weighted by Gasteiger charge is -2.39. The molecule has 138 valence electrons. The maximum Gasteiger partial charge on any atom is 0.254 e. The van der Waals surface area contributed by atoms with Crippen LogP contribution >= 0.6 is 0 Å². The molecule has 5 nitrogen and oxygen atoms in total. The Morgan fingerprint density at radius 1 is 1.15 bits per heavy atom. The Morgan fingerprint density at radius 3 is 2.58 bits per heavy atom. The van der Waals surface area contributed by atoms with Crippen molar-refractivity contribution in [3.8, 4) is 5.75 Å². The van der Waals surface area contributed by atoms with E-state index in [9.17, 15) is 9.59 Å². The van der Waals surface area contributed by atoms with E-state index in [-0.39, 0.29) is 17.6 Å². The summed E-state index contributed by atoms with van der Waals surface area (Å²) in [5.41, 5.74) is 2.10. The largest absolute Gasteiger partial charge is 0.486 e. The molecule has 0 unspecified atom stereocenters. The summed E-state index contributed by atoms with van der Waals surface area (Å²) in [5, 5.41) is 0. The van der Waals surface area contributed by atoms with Crippen LogP contribution in [0.3, 0.4) is 0 Å². The number of hydrogen-bond acceptors (Lipinski definition) is 3. The molecule has 0 aliphatic carbocycles. The molecule has 1 fully saturated rings. The number of hydrogen-bond donors (Lipinski definition) is 0. The molecule has 3 rings (SSSR count). The zero-order valence-corrected chi connectivity index (χ0v) is 15.5. The van der Waals surface area contributed by atoms with Crippen LogP contribution in [0.15, 0.2) is 47.3 Å². The van der Waals surface area contributed by atoms with Gasteiger partial charge in [-0.15, -0.1) is 0 Å². The number of carbonyl (C=O) groups excluding carboxylic acids is 1. The van der Waals surface area contributed by atoms with Gasteiger partial charge in [0.05, 0.1) is 13.1 Å². The van der Waals surface area contributed by atoms with Gasteiger partial charge in [-0.25, -0.2) is 0 Å². The number of aryl methyl sites for hydroxylation is 2. The summed E-state index contributed by atoms with van der Waals surface area (Å²) >= 11 is 0. The third-order valence-electron chi connectivity index (χ3n) is 4.93. The molecule has 1 aliphatic heterocycles. The van der Waals surface area contributed by atoms with Crippen LogP contribution in [0, 0.1) is 6.92 Å². The monoisotopic (exact) mass is 354 g/mol. The van der Waals surface area contributed by atoms with E-state index >= 15 is 0 Å². The highest BCUT2D eigenvalue weighted by Gasteiger charge is 2.31. The van der Waals surface area contributed by atoms with Crippen molar-refractivity contribution in [2.24, 2.45) is 7.05 Å². The van der Waals surface area contributed by atoms with Crippen molar-refractivity contribution in [3.63, 3.8) is 0 Å². The van der Waals surface area contributed by atoms with Crippen LogP contribution < -0.4 is 10.3 Å². The Kier molecular flexibility index (Phi) is 5.76. The third kappa shape index (κ3) is 4.54. The molecular formula is C21H26N2O3. The summed E-state index contributed by atoms with van der Waals surface area (Å²) in [6.45, 7) is 3.08. The second-order valence-corrected chi connectivity index (χ2v) is 6.96. The number of likely N-dealkylation sites (tertiary alicyclic amines) is 1. The van der Waals surface area contributed by atoms with Gasteiger partial charge in [-0.2, -0.15) is 0 Å². The Morgan fingerprint density at radius 2 is 1.88 bits per heavy atom. The quantitative estimate of drug-likeness (QED) is 0.719. The summed E-state index contributed by atoms with van der Waals surface area (Å²) < 4.78 is 7.41. The molecule has 0 bridgehead atoms. The van der Waals surface area contributed by atoms with Crippen molar-refractivity contribution in [1.82, 2.24) is 9.47 Å². The van der Waals surface area contributed by atoms with Crippen LogP contribution in [0.4, 0.5) is 0 Å². The fourth-order valence-electron chi connectivity index (χ4n) is 3.12. The number of nitrogens with zero attached hydrogens (tertiary/aromatic N) is 2. The van der Waals surface area contributed by atoms with Crippen LogP contribution in [0.5, 0.6) is 5.75 Å². The first-order valence-corrected chi connectivity index (χ1v) is 9.19. The predicted octanol–water partition coefficient (Wildman–Crippen LogP) is 2.70. The Balaban J connectivity index is 1.36. The number of amides is 1. The van der Waals surface area contributed by atoms with Gasteiger partial charge in [0, 0.05) is 25.2 Å². The first-order chi connectivity index (χ1) is 12.5. The molecule has 0 N–H and O–H groups in total. The minimum Gasteiger partial charge on any atom is -0.486 e. The molecule has 0 atom stereocenters. The molecule has 1 aliphatic rings. The minimum absolute atomic E-state index is 0.0187. The van der Waals surface area contributed by atoms with Gasteiger partial charge in [-0.1, -0.05) is 30.3 Å². The smallest absolute Gasteiger partial charge is 0.254 e. The van der Waals surface area contributed by atoms with Gasteiger partial charge in [0.2, 0.25) is 5.91 Å². The Labute approximate surface area is 154 Å². The fourth-order valence-corrected chi connectivity index (χ4v) is 3.12. The van der Waals surface area contributed by atoms with E-state index in [2.05, 4.69) is 12.1 Å². The second kappa shape index (κ2) is 8.21.